The maximum atomic E-state index is 13.0. The largest absolute Gasteiger partial charge is 0.496 e. The fourth-order valence-electron chi connectivity index (χ4n) is 4.45. The molecule has 0 fully saturated rings. The molecule has 0 aliphatic rings. The molecule has 0 aliphatic heterocycles. The molecule has 1 atom stereocenters. The van der Waals surface area contributed by atoms with Crippen LogP contribution in [0.4, 0.5) is 0 Å². The Morgan fingerprint density at radius 3 is 2.58 bits per heavy atom. The standard InChI is InChI=1S/C25H23N3O5/c1-13-22(15(3)33-27-13)18-10-19-17(11-21(18)31-4)23-24(20(12-29)26-19)32-25(30)28(23)14(2)16-8-6-5-7-9-16/h5-11,14,29H,12H2,1-4H3. The van der Waals surface area contributed by atoms with E-state index in [4.69, 9.17) is 13.7 Å². The summed E-state index contributed by atoms with van der Waals surface area (Å²) >= 11 is 0. The Hall–Kier alpha value is -3.91. The van der Waals surface area contributed by atoms with Gasteiger partial charge in [0.1, 0.15) is 22.7 Å². The van der Waals surface area contributed by atoms with Gasteiger partial charge in [-0.2, -0.15) is 0 Å². The maximum Gasteiger partial charge on any atom is 0.420 e. The average Bonchev–Trinajstić information content (AvgIpc) is 3.35. The van der Waals surface area contributed by atoms with Gasteiger partial charge in [0, 0.05) is 10.9 Å². The number of aliphatic hydroxyl groups excluding tert-OH is 1. The zero-order chi connectivity index (χ0) is 23.3. The van der Waals surface area contributed by atoms with Crippen molar-refractivity contribution in [3.8, 4) is 16.9 Å². The summed E-state index contributed by atoms with van der Waals surface area (Å²) in [6, 6.07) is 13.1. The van der Waals surface area contributed by atoms with Gasteiger partial charge in [0.05, 0.1) is 36.5 Å². The molecule has 3 aromatic heterocycles. The number of oxazole rings is 1. The SMILES string of the molecule is COc1cc2c(cc1-c1c(C)noc1C)nc(CO)c1oc(=O)n(C(C)c3ccccc3)c12. The van der Waals surface area contributed by atoms with Crippen molar-refractivity contribution < 1.29 is 18.8 Å². The Balaban J connectivity index is 1.88. The summed E-state index contributed by atoms with van der Waals surface area (Å²) in [6.45, 7) is 5.27. The quantitative estimate of drug-likeness (QED) is 0.424. The van der Waals surface area contributed by atoms with E-state index in [1.807, 2.05) is 63.2 Å². The number of rotatable bonds is 5. The van der Waals surface area contributed by atoms with Gasteiger partial charge in [-0.3, -0.25) is 4.57 Å². The number of aliphatic hydroxyl groups is 1. The van der Waals surface area contributed by atoms with Gasteiger partial charge in [0.15, 0.2) is 5.58 Å². The fraction of sp³-hybridized carbons (Fsp3) is 0.240. The van der Waals surface area contributed by atoms with Crippen LogP contribution >= 0.6 is 0 Å². The molecular weight excluding hydrogens is 422 g/mol. The van der Waals surface area contributed by atoms with Crippen molar-refractivity contribution in [3.63, 3.8) is 0 Å². The Labute approximate surface area is 189 Å². The lowest BCUT2D eigenvalue weighted by molar-refractivity contribution is 0.277. The van der Waals surface area contributed by atoms with Gasteiger partial charge in [-0.25, -0.2) is 9.78 Å². The van der Waals surface area contributed by atoms with Crippen LogP contribution in [0.25, 0.3) is 33.1 Å². The van der Waals surface area contributed by atoms with Gasteiger partial charge in [-0.05, 0) is 38.5 Å². The Morgan fingerprint density at radius 1 is 1.18 bits per heavy atom. The summed E-state index contributed by atoms with van der Waals surface area (Å²) in [5.41, 5.74) is 5.00. The second-order valence-electron chi connectivity index (χ2n) is 7.99. The topological polar surface area (TPSA) is 104 Å². The van der Waals surface area contributed by atoms with Gasteiger partial charge in [-0.1, -0.05) is 35.5 Å². The lowest BCUT2D eigenvalue weighted by Gasteiger charge is -2.16. The van der Waals surface area contributed by atoms with Gasteiger partial charge in [0.2, 0.25) is 0 Å². The minimum Gasteiger partial charge on any atom is -0.496 e. The number of benzene rings is 2. The van der Waals surface area contributed by atoms with Crippen LogP contribution < -0.4 is 10.5 Å². The highest BCUT2D eigenvalue weighted by molar-refractivity contribution is 6.05. The van der Waals surface area contributed by atoms with E-state index in [0.717, 1.165) is 22.4 Å². The fourth-order valence-corrected chi connectivity index (χ4v) is 4.45. The first kappa shape index (κ1) is 21.0. The molecule has 33 heavy (non-hydrogen) atoms. The third-order valence-electron chi connectivity index (χ3n) is 6.05. The van der Waals surface area contributed by atoms with E-state index in [-0.39, 0.29) is 18.2 Å². The normalized spacial score (nSPS) is 12.5. The summed E-state index contributed by atoms with van der Waals surface area (Å²) in [5.74, 6) is 0.731. The molecule has 0 saturated carbocycles. The second-order valence-corrected chi connectivity index (χ2v) is 7.99. The number of aromatic nitrogens is 3. The highest BCUT2D eigenvalue weighted by atomic mass is 16.5. The van der Waals surface area contributed by atoms with Crippen LogP contribution in [0.1, 0.15) is 35.7 Å². The lowest BCUT2D eigenvalue weighted by Crippen LogP contribution is -2.19. The molecule has 0 spiro atoms. The first-order valence-corrected chi connectivity index (χ1v) is 10.6. The smallest absolute Gasteiger partial charge is 0.420 e. The van der Waals surface area contributed by atoms with Crippen LogP contribution in [-0.4, -0.2) is 26.9 Å². The summed E-state index contributed by atoms with van der Waals surface area (Å²) in [5, 5.41) is 14.7. The summed E-state index contributed by atoms with van der Waals surface area (Å²) in [7, 11) is 1.59. The Morgan fingerprint density at radius 2 is 1.94 bits per heavy atom. The van der Waals surface area contributed by atoms with Crippen molar-refractivity contribution in [2.45, 2.75) is 33.4 Å². The van der Waals surface area contributed by atoms with Crippen LogP contribution in [0.2, 0.25) is 0 Å². The summed E-state index contributed by atoms with van der Waals surface area (Å²) < 4.78 is 18.3. The predicted molar refractivity (Wildman–Crippen MR) is 123 cm³/mol. The molecule has 168 valence electrons. The van der Waals surface area contributed by atoms with Crippen molar-refractivity contribution in [2.75, 3.05) is 7.11 Å². The molecule has 2 aromatic carbocycles. The molecule has 0 radical (unpaired) electrons. The van der Waals surface area contributed by atoms with Crippen molar-refractivity contribution in [1.82, 2.24) is 14.7 Å². The number of aryl methyl sites for hydroxylation is 2. The van der Waals surface area contributed by atoms with E-state index in [1.54, 1.807) is 11.7 Å². The number of hydrogen-bond acceptors (Lipinski definition) is 7. The molecule has 1 N–H and O–H groups in total. The van der Waals surface area contributed by atoms with E-state index >= 15 is 0 Å². The summed E-state index contributed by atoms with van der Waals surface area (Å²) in [6.07, 6.45) is 0. The zero-order valence-corrected chi connectivity index (χ0v) is 18.7. The lowest BCUT2D eigenvalue weighted by atomic mass is 10.00. The average molecular weight is 445 g/mol. The molecular formula is C25H23N3O5. The zero-order valence-electron chi connectivity index (χ0n) is 18.7. The van der Waals surface area contributed by atoms with E-state index in [2.05, 4.69) is 10.1 Å². The van der Waals surface area contributed by atoms with Crippen LogP contribution in [-0.2, 0) is 6.61 Å². The Kier molecular flexibility index (Phi) is 5.02. The first-order valence-electron chi connectivity index (χ1n) is 10.6. The Bertz CT molecular complexity index is 1530. The van der Waals surface area contributed by atoms with Crippen molar-refractivity contribution in [1.29, 1.82) is 0 Å². The third-order valence-corrected chi connectivity index (χ3v) is 6.05. The number of ether oxygens (including phenoxy) is 1. The molecule has 0 aliphatic carbocycles. The molecule has 0 bridgehead atoms. The van der Waals surface area contributed by atoms with E-state index in [0.29, 0.717) is 33.6 Å². The number of hydrogen-bond donors (Lipinski definition) is 1. The highest BCUT2D eigenvalue weighted by Gasteiger charge is 2.24. The summed E-state index contributed by atoms with van der Waals surface area (Å²) in [4.78, 5) is 17.6. The minimum atomic E-state index is -0.515. The van der Waals surface area contributed by atoms with Crippen molar-refractivity contribution >= 4 is 22.0 Å². The van der Waals surface area contributed by atoms with E-state index in [9.17, 15) is 9.90 Å². The van der Waals surface area contributed by atoms with Crippen molar-refractivity contribution in [3.05, 3.63) is 75.7 Å². The number of methoxy groups -OCH3 is 1. The van der Waals surface area contributed by atoms with Crippen LogP contribution in [0.3, 0.4) is 0 Å². The van der Waals surface area contributed by atoms with Crippen LogP contribution in [0.5, 0.6) is 5.75 Å². The molecule has 5 rings (SSSR count). The molecule has 8 nitrogen and oxygen atoms in total. The van der Waals surface area contributed by atoms with Crippen LogP contribution in [0.15, 0.2) is 56.2 Å². The van der Waals surface area contributed by atoms with Crippen LogP contribution in [0, 0.1) is 13.8 Å². The first-order chi connectivity index (χ1) is 15.9. The molecule has 1 unspecified atom stereocenters. The number of nitrogens with zero attached hydrogens (tertiary/aromatic N) is 3. The molecule has 0 saturated heterocycles. The third kappa shape index (κ3) is 3.22. The van der Waals surface area contributed by atoms with Gasteiger partial charge >= 0.3 is 5.76 Å². The minimum absolute atomic E-state index is 0.268. The van der Waals surface area contributed by atoms with Gasteiger partial charge < -0.3 is 18.8 Å². The highest BCUT2D eigenvalue weighted by Crippen LogP contribution is 2.40. The number of fused-ring (bicyclic) bond motifs is 3. The molecule has 0 amide bonds. The second kappa shape index (κ2) is 7.90. The van der Waals surface area contributed by atoms with Crippen molar-refractivity contribution in [2.24, 2.45) is 0 Å². The number of pyridine rings is 1. The predicted octanol–water partition coefficient (Wildman–Crippen LogP) is 4.52. The molecule has 8 heteroatoms. The van der Waals surface area contributed by atoms with E-state index < -0.39 is 5.76 Å². The maximum absolute atomic E-state index is 13.0. The van der Waals surface area contributed by atoms with Gasteiger partial charge in [-0.15, -0.1) is 0 Å². The van der Waals surface area contributed by atoms with E-state index in [1.165, 1.54) is 0 Å². The molecule has 5 aromatic rings. The monoisotopic (exact) mass is 445 g/mol. The van der Waals surface area contributed by atoms with Gasteiger partial charge in [0.25, 0.3) is 0 Å². The molecule has 3 heterocycles.